The van der Waals surface area contributed by atoms with Gasteiger partial charge in [-0.15, -0.1) is 0 Å². The van der Waals surface area contributed by atoms with Crippen LogP contribution in [0.15, 0.2) is 103 Å². The van der Waals surface area contributed by atoms with Gasteiger partial charge in [0.1, 0.15) is 33.7 Å². The molecule has 6 bridgehead atoms. The highest BCUT2D eigenvalue weighted by molar-refractivity contribution is 6.66. The van der Waals surface area contributed by atoms with Crippen LogP contribution in [0.5, 0.6) is 0 Å². The van der Waals surface area contributed by atoms with Gasteiger partial charge in [0.2, 0.25) is 0 Å². The molecule has 10 heterocycles. The maximum atomic E-state index is 10.3. The van der Waals surface area contributed by atoms with E-state index in [1.165, 1.54) is 0 Å². The molecule has 0 amide bonds. The lowest BCUT2D eigenvalue weighted by atomic mass is 9.82. The SMILES string of the molecule is OCC1CCCC(CO[Si]2(OCC3CCCC(CO)C3)n3c4c5cccnc5c3/N=C3N=C(/N=c5/c6cccnc6/c(n52)=N/C2=NC(=N\4)/c4ncccc42)c2ncccc2\3)C1. The third-order valence-corrected chi connectivity index (χ3v) is 16.1. The Balaban J connectivity index is 1.25. The number of amidine groups is 4. The summed E-state index contributed by atoms with van der Waals surface area (Å²) in [5, 5.41) is 22.1. The van der Waals surface area contributed by atoms with Gasteiger partial charge in [0, 0.05) is 73.1 Å². The molecule has 4 aliphatic heterocycles. The Morgan fingerprint density at radius 1 is 0.525 bits per heavy atom. The van der Waals surface area contributed by atoms with Crippen LogP contribution in [0.4, 0.5) is 11.6 Å². The Kier molecular flexibility index (Phi) is 8.81. The summed E-state index contributed by atoms with van der Waals surface area (Å²) in [6, 6.07) is 15.4. The Labute approximate surface area is 350 Å². The van der Waals surface area contributed by atoms with Crippen molar-refractivity contribution in [3.05, 3.63) is 107 Å². The fourth-order valence-electron chi connectivity index (χ4n) is 10.1. The van der Waals surface area contributed by atoms with Gasteiger partial charge in [0.05, 0.1) is 0 Å². The zero-order valence-electron chi connectivity index (χ0n) is 33.3. The lowest BCUT2D eigenvalue weighted by molar-refractivity contribution is 0.0691. The fraction of sp³-hybridized carbons (Fsp3) is 0.364. The maximum absolute atomic E-state index is 10.3. The molecule has 0 radical (unpaired) electrons. The Bertz CT molecular complexity index is 2850. The van der Waals surface area contributed by atoms with Crippen molar-refractivity contribution < 1.29 is 19.1 Å². The highest BCUT2D eigenvalue weighted by Crippen LogP contribution is 2.43. The van der Waals surface area contributed by atoms with E-state index in [1.54, 1.807) is 24.8 Å². The van der Waals surface area contributed by atoms with E-state index in [1.807, 2.05) is 57.0 Å². The highest BCUT2D eigenvalue weighted by atomic mass is 28.4. The molecule has 17 heteroatoms. The molecular formula is C44H42N12O4Si. The van der Waals surface area contributed by atoms with Gasteiger partial charge in [-0.1, -0.05) is 12.8 Å². The number of hydrogen-bond acceptors (Lipinski definition) is 14. The Morgan fingerprint density at radius 2 is 1.05 bits per heavy atom. The predicted octanol–water partition coefficient (Wildman–Crippen LogP) is 4.58. The van der Waals surface area contributed by atoms with Crippen LogP contribution in [-0.2, 0) is 8.85 Å². The van der Waals surface area contributed by atoms with Crippen molar-refractivity contribution in [3.63, 3.8) is 0 Å². The van der Waals surface area contributed by atoms with Crippen molar-refractivity contribution in [3.8, 4) is 0 Å². The highest BCUT2D eigenvalue weighted by Gasteiger charge is 2.54. The summed E-state index contributed by atoms with van der Waals surface area (Å²) in [6.45, 7) is 0.921. The van der Waals surface area contributed by atoms with E-state index in [-0.39, 0.29) is 36.9 Å². The van der Waals surface area contributed by atoms with Gasteiger partial charge >= 0.3 is 8.88 Å². The molecule has 12 rings (SSSR count). The second-order valence-electron chi connectivity index (χ2n) is 16.9. The number of aromatic nitrogens is 6. The molecule has 2 fully saturated rings. The fourth-order valence-corrected chi connectivity index (χ4v) is 13.5. The van der Waals surface area contributed by atoms with Crippen LogP contribution < -0.4 is 11.0 Å². The lowest BCUT2D eigenvalue weighted by Gasteiger charge is -2.37. The number of rotatable bonds is 8. The van der Waals surface area contributed by atoms with Gasteiger partial charge < -0.3 is 19.1 Å². The molecule has 0 saturated heterocycles. The maximum Gasteiger partial charge on any atom is 0.603 e. The van der Waals surface area contributed by atoms with E-state index in [9.17, 15) is 10.2 Å². The Hall–Kier alpha value is -5.98. The quantitative estimate of drug-likeness (QED) is 0.208. The smallest absolute Gasteiger partial charge is 0.396 e. The second kappa shape index (κ2) is 14.6. The van der Waals surface area contributed by atoms with Crippen LogP contribution >= 0.6 is 0 Å². The minimum absolute atomic E-state index is 0.134. The molecule has 2 saturated carbocycles. The van der Waals surface area contributed by atoms with E-state index in [4.69, 9.17) is 58.7 Å². The topological polar surface area (TPSA) is 194 Å². The molecule has 2 aliphatic carbocycles. The van der Waals surface area contributed by atoms with Crippen LogP contribution in [0.2, 0.25) is 0 Å². The number of hydrogen-bond donors (Lipinski definition) is 2. The molecular weight excluding hydrogens is 789 g/mol. The number of pyridine rings is 4. The largest absolute Gasteiger partial charge is 0.603 e. The van der Waals surface area contributed by atoms with Crippen LogP contribution in [0.3, 0.4) is 0 Å². The standard InChI is InChI=1S/C44H42N12O4Si/c57-21-25-7-1-9-27(19-25)23-59-61(60-24-28-10-2-8-26(20-28)22-58)55-42-31-13-5-17-47-35(31)43(55)51-37-29-11-3-15-45-33(29)39(49-37)53-41-32-14-6-18-48-36(32)44(56(41)61)52-38-30-12-4-16-46-34(30)40(50-38)54-42/h3-6,11-18,25-28,57-58H,1-2,7-10,19-24H2/b51-37-,51-43?,52-38?,52-44-,53-39?,53-41-,54-40-,54-42?. The van der Waals surface area contributed by atoms with E-state index in [0.29, 0.717) is 81.6 Å². The number of aliphatic hydroxyl groups is 2. The first-order chi connectivity index (χ1) is 30.1. The van der Waals surface area contributed by atoms with Crippen LogP contribution in [-0.4, -0.2) is 97.3 Å². The Morgan fingerprint density at radius 3 is 1.72 bits per heavy atom. The van der Waals surface area contributed by atoms with Gasteiger partial charge in [-0.25, -0.2) is 30.0 Å². The zero-order valence-corrected chi connectivity index (χ0v) is 34.3. The number of aliphatic imine (C=N–C) groups is 4. The summed E-state index contributed by atoms with van der Waals surface area (Å²) >= 11 is 0. The predicted molar refractivity (Wildman–Crippen MR) is 229 cm³/mol. The van der Waals surface area contributed by atoms with E-state index >= 15 is 0 Å². The van der Waals surface area contributed by atoms with Gasteiger partial charge in [-0.2, -0.15) is 0 Å². The van der Waals surface area contributed by atoms with Gasteiger partial charge in [-0.3, -0.25) is 28.4 Å². The molecule has 306 valence electrons. The first kappa shape index (κ1) is 36.8. The van der Waals surface area contributed by atoms with Crippen molar-refractivity contribution in [1.82, 2.24) is 28.4 Å². The van der Waals surface area contributed by atoms with Crippen molar-refractivity contribution >= 4 is 65.7 Å². The molecule has 4 unspecified atom stereocenters. The summed E-state index contributed by atoms with van der Waals surface area (Å²) in [5.74, 6) is 3.23. The van der Waals surface area contributed by atoms with Crippen molar-refractivity contribution in [2.45, 2.75) is 51.4 Å². The molecule has 6 aromatic heterocycles. The molecule has 6 aliphatic rings. The third-order valence-electron chi connectivity index (χ3n) is 13.0. The molecule has 0 spiro atoms. The average molecular weight is 831 g/mol. The first-order valence-corrected chi connectivity index (χ1v) is 23.0. The molecule has 16 nitrogen and oxygen atoms in total. The van der Waals surface area contributed by atoms with Gasteiger partial charge in [-0.05, 0) is 111 Å². The summed E-state index contributed by atoms with van der Waals surface area (Å²) < 4.78 is 19.6. The third kappa shape index (κ3) is 5.85. The second-order valence-corrected chi connectivity index (χ2v) is 19.4. The van der Waals surface area contributed by atoms with Crippen LogP contribution in [0, 0.1) is 23.7 Å². The number of fused-ring (bicyclic) bond motifs is 14. The van der Waals surface area contributed by atoms with E-state index in [2.05, 4.69) is 0 Å². The van der Waals surface area contributed by atoms with Crippen molar-refractivity contribution in [1.29, 1.82) is 0 Å². The molecule has 4 atom stereocenters. The molecule has 2 N–H and O–H groups in total. The summed E-state index contributed by atoms with van der Waals surface area (Å²) in [5.41, 5.74) is 4.77. The van der Waals surface area contributed by atoms with Crippen molar-refractivity contribution in [2.24, 2.45) is 53.6 Å². The molecule has 61 heavy (non-hydrogen) atoms. The van der Waals surface area contributed by atoms with Gasteiger partial charge in [0.25, 0.3) is 0 Å². The molecule has 6 aromatic rings. The number of aliphatic hydroxyl groups excluding tert-OH is 2. The van der Waals surface area contributed by atoms with E-state index in [0.717, 1.165) is 73.3 Å². The summed E-state index contributed by atoms with van der Waals surface area (Å²) in [7, 11) is -4.37. The number of nitrogens with zero attached hydrogens (tertiary/aromatic N) is 12. The first-order valence-electron chi connectivity index (χ1n) is 21.3. The lowest BCUT2D eigenvalue weighted by Crippen LogP contribution is -2.64. The van der Waals surface area contributed by atoms with Crippen LogP contribution in [0.25, 0.3) is 21.8 Å². The average Bonchev–Trinajstić information content (AvgIpc) is 4.03. The normalized spacial score (nSPS) is 27.6. The molecule has 0 aromatic carbocycles. The minimum atomic E-state index is -4.37. The summed E-state index contributed by atoms with van der Waals surface area (Å²) in [4.78, 5) is 51.5. The van der Waals surface area contributed by atoms with Crippen molar-refractivity contribution in [2.75, 3.05) is 26.4 Å². The summed E-state index contributed by atoms with van der Waals surface area (Å²) in [6.07, 6.45) is 14.5. The monoisotopic (exact) mass is 830 g/mol. The van der Waals surface area contributed by atoms with Gasteiger partial charge in [0.15, 0.2) is 34.6 Å². The minimum Gasteiger partial charge on any atom is -0.396 e. The van der Waals surface area contributed by atoms with Crippen LogP contribution in [0.1, 0.15) is 73.9 Å². The zero-order chi connectivity index (χ0) is 40.7. The van der Waals surface area contributed by atoms with E-state index < -0.39 is 8.88 Å².